The molecule has 0 heterocycles. The Balaban J connectivity index is 2.88. The first kappa shape index (κ1) is 13.2. The Hall–Kier alpha value is -0.850. The Morgan fingerprint density at radius 3 is 2.29 bits per heavy atom. The summed E-state index contributed by atoms with van der Waals surface area (Å²) in [6, 6.07) is 0. The molecule has 4 N–H and O–H groups in total. The molecule has 0 saturated heterocycles. The molecule has 6 nitrogen and oxygen atoms in total. The lowest BCUT2D eigenvalue weighted by Crippen LogP contribution is -2.33. The molecule has 84 valence electrons. The number of rotatable bonds is 9. The minimum absolute atomic E-state index is 0.0371. The van der Waals surface area contributed by atoms with Crippen LogP contribution in [0.4, 0.5) is 0 Å². The monoisotopic (exact) mass is 205 g/mol. The van der Waals surface area contributed by atoms with Crippen LogP contribution in [0, 0.1) is 5.41 Å². The van der Waals surface area contributed by atoms with Gasteiger partial charge in [0.15, 0.2) is 5.96 Å². The fourth-order valence-electron chi connectivity index (χ4n) is 0.722. The van der Waals surface area contributed by atoms with Crippen LogP contribution in [-0.2, 0) is 14.2 Å². The van der Waals surface area contributed by atoms with Gasteiger partial charge in [-0.15, -0.1) is 0 Å². The summed E-state index contributed by atoms with van der Waals surface area (Å²) in [5.74, 6) is -0.0371. The van der Waals surface area contributed by atoms with Crippen LogP contribution in [-0.4, -0.2) is 52.6 Å². The molecule has 6 heteroatoms. The normalized spacial score (nSPS) is 10.1. The topological polar surface area (TPSA) is 89.6 Å². The molecule has 0 unspecified atom stereocenters. The Morgan fingerprint density at radius 1 is 1.14 bits per heavy atom. The van der Waals surface area contributed by atoms with Gasteiger partial charge in [0, 0.05) is 13.7 Å². The third kappa shape index (κ3) is 11.2. The fourth-order valence-corrected chi connectivity index (χ4v) is 0.722. The van der Waals surface area contributed by atoms with Gasteiger partial charge in [0.05, 0.1) is 33.0 Å². The average molecular weight is 205 g/mol. The maximum absolute atomic E-state index is 6.86. The van der Waals surface area contributed by atoms with Crippen LogP contribution in [0.1, 0.15) is 0 Å². The lowest BCUT2D eigenvalue weighted by atomic mass is 10.6. The number of hydrogen-bond acceptors (Lipinski definition) is 4. The van der Waals surface area contributed by atoms with E-state index in [1.54, 1.807) is 7.11 Å². The Labute approximate surface area is 84.2 Å². The van der Waals surface area contributed by atoms with E-state index in [0.29, 0.717) is 39.6 Å². The molecule has 0 atom stereocenters. The van der Waals surface area contributed by atoms with Crippen molar-refractivity contribution in [3.8, 4) is 0 Å². The molecule has 0 bridgehead atoms. The number of nitrogens with two attached hydrogens (primary N) is 1. The van der Waals surface area contributed by atoms with Gasteiger partial charge in [-0.3, -0.25) is 5.41 Å². The van der Waals surface area contributed by atoms with Crippen LogP contribution in [0.5, 0.6) is 0 Å². The number of ether oxygens (including phenoxy) is 3. The van der Waals surface area contributed by atoms with Crippen molar-refractivity contribution in [2.24, 2.45) is 5.73 Å². The summed E-state index contributed by atoms with van der Waals surface area (Å²) < 4.78 is 15.1. The SMILES string of the molecule is COCCOCCOCCNC(=N)N. The van der Waals surface area contributed by atoms with Crippen molar-refractivity contribution >= 4 is 5.96 Å². The number of hydrogen-bond donors (Lipinski definition) is 3. The molecule has 0 fully saturated rings. The summed E-state index contributed by atoms with van der Waals surface area (Å²) in [6.45, 7) is 3.37. The summed E-state index contributed by atoms with van der Waals surface area (Å²) >= 11 is 0. The van der Waals surface area contributed by atoms with E-state index >= 15 is 0 Å². The van der Waals surface area contributed by atoms with E-state index < -0.39 is 0 Å². The lowest BCUT2D eigenvalue weighted by Gasteiger charge is -2.06. The number of guanidine groups is 1. The summed E-state index contributed by atoms with van der Waals surface area (Å²) in [7, 11) is 1.63. The zero-order valence-electron chi connectivity index (χ0n) is 8.54. The zero-order valence-corrected chi connectivity index (χ0v) is 8.54. The smallest absolute Gasteiger partial charge is 0.185 e. The van der Waals surface area contributed by atoms with Gasteiger partial charge in [0.25, 0.3) is 0 Å². The summed E-state index contributed by atoms with van der Waals surface area (Å²) in [5, 5.41) is 9.49. The van der Waals surface area contributed by atoms with Gasteiger partial charge >= 0.3 is 0 Å². The third-order valence-electron chi connectivity index (χ3n) is 1.37. The van der Waals surface area contributed by atoms with Crippen molar-refractivity contribution in [1.82, 2.24) is 5.32 Å². The van der Waals surface area contributed by atoms with E-state index in [-0.39, 0.29) is 5.96 Å². The van der Waals surface area contributed by atoms with Gasteiger partial charge in [-0.25, -0.2) is 0 Å². The predicted octanol–water partition coefficient (Wildman–Crippen LogP) is -0.851. The first-order valence-electron chi connectivity index (χ1n) is 4.49. The molecule has 0 aromatic heterocycles. The van der Waals surface area contributed by atoms with Crippen molar-refractivity contribution in [2.45, 2.75) is 0 Å². The maximum Gasteiger partial charge on any atom is 0.185 e. The summed E-state index contributed by atoms with van der Waals surface area (Å²) in [5.41, 5.74) is 5.07. The van der Waals surface area contributed by atoms with Gasteiger partial charge in [0.2, 0.25) is 0 Å². The Kier molecular flexibility index (Phi) is 9.61. The quantitative estimate of drug-likeness (QED) is 0.259. The Bertz CT molecular complexity index is 144. The van der Waals surface area contributed by atoms with Crippen molar-refractivity contribution in [2.75, 3.05) is 46.7 Å². The van der Waals surface area contributed by atoms with Crippen LogP contribution >= 0.6 is 0 Å². The molecular weight excluding hydrogens is 186 g/mol. The van der Waals surface area contributed by atoms with E-state index in [9.17, 15) is 0 Å². The fraction of sp³-hybridized carbons (Fsp3) is 0.875. The van der Waals surface area contributed by atoms with Crippen LogP contribution < -0.4 is 11.1 Å². The van der Waals surface area contributed by atoms with Crippen LogP contribution in [0.3, 0.4) is 0 Å². The van der Waals surface area contributed by atoms with Crippen LogP contribution in [0.2, 0.25) is 0 Å². The molecular formula is C8H19N3O3. The highest BCUT2D eigenvalue weighted by molar-refractivity contribution is 5.74. The van der Waals surface area contributed by atoms with Gasteiger partial charge in [0.1, 0.15) is 0 Å². The second-order valence-corrected chi connectivity index (χ2v) is 2.56. The molecule has 0 aliphatic carbocycles. The first-order valence-corrected chi connectivity index (χ1v) is 4.49. The third-order valence-corrected chi connectivity index (χ3v) is 1.37. The molecule has 0 aromatic rings. The van der Waals surface area contributed by atoms with Crippen molar-refractivity contribution in [1.29, 1.82) is 5.41 Å². The summed E-state index contributed by atoms with van der Waals surface area (Å²) in [4.78, 5) is 0. The van der Waals surface area contributed by atoms with Gasteiger partial charge in [-0.1, -0.05) is 0 Å². The minimum atomic E-state index is -0.0371. The van der Waals surface area contributed by atoms with Crippen molar-refractivity contribution < 1.29 is 14.2 Å². The van der Waals surface area contributed by atoms with E-state index in [4.69, 9.17) is 25.4 Å². The van der Waals surface area contributed by atoms with E-state index in [0.717, 1.165) is 0 Å². The predicted molar refractivity (Wildman–Crippen MR) is 53.4 cm³/mol. The van der Waals surface area contributed by atoms with Crippen LogP contribution in [0.25, 0.3) is 0 Å². The first-order chi connectivity index (χ1) is 6.77. The standard InChI is InChI=1S/C8H19N3O3/c1-12-4-5-14-7-6-13-3-2-11-8(9)10/h2-7H2,1H3,(H4,9,10,11). The lowest BCUT2D eigenvalue weighted by molar-refractivity contribution is 0.0261. The van der Waals surface area contributed by atoms with Gasteiger partial charge < -0.3 is 25.3 Å². The molecule has 0 radical (unpaired) electrons. The average Bonchev–Trinajstić information content (AvgIpc) is 2.15. The zero-order chi connectivity index (χ0) is 10.6. The summed E-state index contributed by atoms with van der Waals surface area (Å²) in [6.07, 6.45) is 0. The molecule has 0 aromatic carbocycles. The second-order valence-electron chi connectivity index (χ2n) is 2.56. The van der Waals surface area contributed by atoms with E-state index in [1.807, 2.05) is 0 Å². The van der Waals surface area contributed by atoms with E-state index in [1.165, 1.54) is 0 Å². The highest BCUT2D eigenvalue weighted by atomic mass is 16.5. The van der Waals surface area contributed by atoms with E-state index in [2.05, 4.69) is 5.32 Å². The number of methoxy groups -OCH3 is 1. The molecule has 0 aliphatic heterocycles. The van der Waals surface area contributed by atoms with Gasteiger partial charge in [-0.05, 0) is 0 Å². The Morgan fingerprint density at radius 2 is 1.71 bits per heavy atom. The second kappa shape index (κ2) is 10.2. The van der Waals surface area contributed by atoms with Crippen LogP contribution in [0.15, 0.2) is 0 Å². The molecule has 0 aliphatic rings. The minimum Gasteiger partial charge on any atom is -0.382 e. The number of nitrogens with one attached hydrogen (secondary N) is 2. The molecule has 14 heavy (non-hydrogen) atoms. The van der Waals surface area contributed by atoms with Crippen molar-refractivity contribution in [3.05, 3.63) is 0 Å². The highest BCUT2D eigenvalue weighted by Crippen LogP contribution is 1.78. The van der Waals surface area contributed by atoms with Crippen molar-refractivity contribution in [3.63, 3.8) is 0 Å². The molecule has 0 saturated carbocycles. The largest absolute Gasteiger partial charge is 0.382 e. The van der Waals surface area contributed by atoms with Gasteiger partial charge in [-0.2, -0.15) is 0 Å². The maximum atomic E-state index is 6.86. The molecule has 0 amide bonds. The molecule has 0 spiro atoms. The molecule has 0 rings (SSSR count). The highest BCUT2D eigenvalue weighted by Gasteiger charge is 1.90.